The minimum absolute atomic E-state index is 0.00986. The highest BCUT2D eigenvalue weighted by molar-refractivity contribution is 5.77. The van der Waals surface area contributed by atoms with Gasteiger partial charge in [0.25, 0.3) is 5.92 Å². The van der Waals surface area contributed by atoms with Crippen LogP contribution >= 0.6 is 0 Å². The number of carbonyl (C=O) groups excluding carboxylic acids is 2. The molecule has 0 aromatic heterocycles. The summed E-state index contributed by atoms with van der Waals surface area (Å²) >= 11 is 0. The molecular formula is C14H21F2N3O3. The lowest BCUT2D eigenvalue weighted by molar-refractivity contribution is -0.132. The molecule has 8 heteroatoms. The lowest BCUT2D eigenvalue weighted by atomic mass is 10.2. The number of alkyl carbamates (subject to hydrolysis) is 1. The Morgan fingerprint density at radius 1 is 1.45 bits per heavy atom. The zero-order chi connectivity index (χ0) is 17.0. The molecule has 6 nitrogen and oxygen atoms in total. The number of likely N-dealkylation sites (tertiary alicyclic amines) is 1. The van der Waals surface area contributed by atoms with E-state index in [1.165, 1.54) is 0 Å². The molecule has 0 radical (unpaired) electrons. The summed E-state index contributed by atoms with van der Waals surface area (Å²) in [5.41, 5.74) is -0.610. The largest absolute Gasteiger partial charge is 0.444 e. The molecule has 1 aliphatic heterocycles. The number of nitriles is 1. The Hall–Kier alpha value is -1.91. The zero-order valence-electron chi connectivity index (χ0n) is 13.0. The van der Waals surface area contributed by atoms with Gasteiger partial charge in [-0.05, 0) is 27.2 Å². The van der Waals surface area contributed by atoms with Gasteiger partial charge in [0.05, 0.1) is 12.6 Å². The van der Waals surface area contributed by atoms with E-state index in [-0.39, 0.29) is 19.4 Å². The van der Waals surface area contributed by atoms with Crippen molar-refractivity contribution in [2.75, 3.05) is 13.1 Å². The van der Waals surface area contributed by atoms with Gasteiger partial charge in [-0.2, -0.15) is 5.26 Å². The number of hydrogen-bond donors (Lipinski definition) is 1. The Morgan fingerprint density at radius 2 is 2.09 bits per heavy atom. The molecule has 0 unspecified atom stereocenters. The van der Waals surface area contributed by atoms with E-state index in [0.717, 1.165) is 4.90 Å². The fourth-order valence-electron chi connectivity index (χ4n) is 2.08. The molecule has 22 heavy (non-hydrogen) atoms. The zero-order valence-corrected chi connectivity index (χ0v) is 13.0. The highest BCUT2D eigenvalue weighted by Crippen LogP contribution is 2.32. The maximum atomic E-state index is 13.2. The van der Waals surface area contributed by atoms with E-state index in [9.17, 15) is 18.4 Å². The van der Waals surface area contributed by atoms with Crippen LogP contribution in [-0.2, 0) is 9.53 Å². The minimum atomic E-state index is -3.01. The molecule has 1 saturated heterocycles. The van der Waals surface area contributed by atoms with Crippen LogP contribution in [0.25, 0.3) is 0 Å². The van der Waals surface area contributed by atoms with Gasteiger partial charge in [-0.25, -0.2) is 13.6 Å². The highest BCUT2D eigenvalue weighted by Gasteiger charge is 2.46. The average molecular weight is 317 g/mol. The Balaban J connectivity index is 2.32. The maximum Gasteiger partial charge on any atom is 0.407 e. The highest BCUT2D eigenvalue weighted by atomic mass is 19.3. The molecular weight excluding hydrogens is 296 g/mol. The van der Waals surface area contributed by atoms with Crippen molar-refractivity contribution in [3.63, 3.8) is 0 Å². The number of amides is 2. The fraction of sp³-hybridized carbons (Fsp3) is 0.786. The molecule has 1 heterocycles. The third kappa shape index (κ3) is 5.84. The number of rotatable bonds is 4. The molecule has 1 atom stereocenters. The van der Waals surface area contributed by atoms with Gasteiger partial charge in [0.1, 0.15) is 11.6 Å². The molecule has 1 rings (SSSR count). The number of nitrogens with one attached hydrogen (secondary N) is 1. The van der Waals surface area contributed by atoms with Crippen molar-refractivity contribution in [3.8, 4) is 6.07 Å². The normalized spacial score (nSPS) is 20.4. The van der Waals surface area contributed by atoms with Crippen molar-refractivity contribution in [1.29, 1.82) is 5.26 Å². The summed E-state index contributed by atoms with van der Waals surface area (Å²) in [6.07, 6.45) is -0.934. The first-order chi connectivity index (χ1) is 10.0. The summed E-state index contributed by atoms with van der Waals surface area (Å²) in [6.45, 7) is 4.66. The molecule has 0 aliphatic carbocycles. The summed E-state index contributed by atoms with van der Waals surface area (Å²) in [5, 5.41) is 11.3. The number of halogens is 2. The van der Waals surface area contributed by atoms with Crippen molar-refractivity contribution < 1.29 is 23.1 Å². The summed E-state index contributed by atoms with van der Waals surface area (Å²) in [5.74, 6) is -3.51. The van der Waals surface area contributed by atoms with E-state index in [2.05, 4.69) is 5.32 Å². The molecule has 1 N–H and O–H groups in total. The third-order valence-electron chi connectivity index (χ3n) is 2.97. The van der Waals surface area contributed by atoms with Crippen LogP contribution in [0.4, 0.5) is 13.6 Å². The average Bonchev–Trinajstić information content (AvgIpc) is 2.67. The van der Waals surface area contributed by atoms with Crippen LogP contribution in [0.2, 0.25) is 0 Å². The van der Waals surface area contributed by atoms with Crippen LogP contribution in [0.15, 0.2) is 0 Å². The van der Waals surface area contributed by atoms with E-state index < -0.39 is 42.5 Å². The first-order valence-electron chi connectivity index (χ1n) is 7.08. The van der Waals surface area contributed by atoms with E-state index >= 15 is 0 Å². The quantitative estimate of drug-likeness (QED) is 0.805. The summed E-state index contributed by atoms with van der Waals surface area (Å²) in [4.78, 5) is 24.2. The molecule has 0 aromatic carbocycles. The van der Waals surface area contributed by atoms with Gasteiger partial charge < -0.3 is 15.0 Å². The van der Waals surface area contributed by atoms with Crippen LogP contribution in [-0.4, -0.2) is 47.6 Å². The predicted molar refractivity (Wildman–Crippen MR) is 74.1 cm³/mol. The van der Waals surface area contributed by atoms with Crippen molar-refractivity contribution in [3.05, 3.63) is 0 Å². The first-order valence-corrected chi connectivity index (χ1v) is 7.08. The van der Waals surface area contributed by atoms with Crippen molar-refractivity contribution in [1.82, 2.24) is 10.2 Å². The molecule has 124 valence electrons. The standard InChI is InChI=1S/C14H21F2N3O3/c1-13(2,3)22-12(21)18-6-4-5-11(20)19-9-14(15,16)7-10(19)8-17/h10H,4-7,9H2,1-3H3,(H,18,21)/t10-/m0/s1. The van der Waals surface area contributed by atoms with Crippen molar-refractivity contribution >= 4 is 12.0 Å². The van der Waals surface area contributed by atoms with Crippen molar-refractivity contribution in [2.24, 2.45) is 0 Å². The Bertz CT molecular complexity index is 469. The number of nitrogens with zero attached hydrogens (tertiary/aromatic N) is 2. The van der Waals surface area contributed by atoms with Crippen LogP contribution in [0.1, 0.15) is 40.0 Å². The van der Waals surface area contributed by atoms with Gasteiger partial charge in [-0.15, -0.1) is 0 Å². The summed E-state index contributed by atoms with van der Waals surface area (Å²) < 4.78 is 31.5. The molecule has 0 aromatic rings. The lowest BCUT2D eigenvalue weighted by Crippen LogP contribution is -2.37. The van der Waals surface area contributed by atoms with Crippen molar-refractivity contribution in [2.45, 2.75) is 57.6 Å². The molecule has 0 saturated carbocycles. The fourth-order valence-corrected chi connectivity index (χ4v) is 2.08. The first kappa shape index (κ1) is 18.1. The Morgan fingerprint density at radius 3 is 2.64 bits per heavy atom. The SMILES string of the molecule is CC(C)(C)OC(=O)NCCCC(=O)N1CC(F)(F)C[C@H]1C#N. The van der Waals surface area contributed by atoms with Gasteiger partial charge in [0, 0.05) is 19.4 Å². The molecule has 1 fully saturated rings. The number of alkyl halides is 2. The van der Waals surface area contributed by atoms with Gasteiger partial charge >= 0.3 is 6.09 Å². The molecule has 0 bridgehead atoms. The maximum absolute atomic E-state index is 13.2. The lowest BCUT2D eigenvalue weighted by Gasteiger charge is -2.20. The predicted octanol–water partition coefficient (Wildman–Crippen LogP) is 2.05. The topological polar surface area (TPSA) is 82.4 Å². The van der Waals surface area contributed by atoms with Crippen LogP contribution in [0.3, 0.4) is 0 Å². The smallest absolute Gasteiger partial charge is 0.407 e. The Kier molecular flexibility index (Phi) is 5.69. The van der Waals surface area contributed by atoms with E-state index in [4.69, 9.17) is 10.00 Å². The number of hydrogen-bond acceptors (Lipinski definition) is 4. The third-order valence-corrected chi connectivity index (χ3v) is 2.97. The second-order valence-electron chi connectivity index (χ2n) is 6.26. The van der Waals surface area contributed by atoms with Gasteiger partial charge in [-0.3, -0.25) is 4.79 Å². The Labute approximate surface area is 128 Å². The van der Waals surface area contributed by atoms with Gasteiger partial charge in [0.2, 0.25) is 5.91 Å². The number of carbonyl (C=O) groups is 2. The van der Waals surface area contributed by atoms with Crippen LogP contribution in [0, 0.1) is 11.3 Å². The van der Waals surface area contributed by atoms with Crippen LogP contribution in [0.5, 0.6) is 0 Å². The molecule has 0 spiro atoms. The van der Waals surface area contributed by atoms with Gasteiger partial charge in [-0.1, -0.05) is 0 Å². The number of ether oxygens (including phenoxy) is 1. The van der Waals surface area contributed by atoms with E-state index in [1.54, 1.807) is 26.8 Å². The van der Waals surface area contributed by atoms with Crippen LogP contribution < -0.4 is 5.32 Å². The van der Waals surface area contributed by atoms with E-state index in [0.29, 0.717) is 0 Å². The summed E-state index contributed by atoms with van der Waals surface area (Å²) in [6, 6.07) is 0.638. The van der Waals surface area contributed by atoms with Gasteiger partial charge in [0.15, 0.2) is 0 Å². The second kappa shape index (κ2) is 6.90. The summed E-state index contributed by atoms with van der Waals surface area (Å²) in [7, 11) is 0. The van der Waals surface area contributed by atoms with E-state index in [1.807, 2.05) is 0 Å². The molecule has 1 aliphatic rings. The monoisotopic (exact) mass is 317 g/mol. The molecule has 2 amide bonds. The minimum Gasteiger partial charge on any atom is -0.444 e. The second-order valence-corrected chi connectivity index (χ2v) is 6.26.